The number of benzene rings is 1. The molecule has 2 rings (SSSR count). The van der Waals surface area contributed by atoms with Crippen LogP contribution in [0.5, 0.6) is 0 Å². The number of urea groups is 1. The van der Waals surface area contributed by atoms with E-state index in [0.29, 0.717) is 12.8 Å². The van der Waals surface area contributed by atoms with Crippen molar-refractivity contribution in [2.45, 2.75) is 65.6 Å². The first-order valence-corrected chi connectivity index (χ1v) is 10.2. The molecule has 1 aromatic carbocycles. The molecule has 0 spiro atoms. The van der Waals surface area contributed by atoms with Gasteiger partial charge in [0.2, 0.25) is 11.1 Å². The second kappa shape index (κ2) is 9.52. The number of aryl methyl sites for hydroxylation is 1. The Labute approximate surface area is 171 Å². The van der Waals surface area contributed by atoms with Gasteiger partial charge in [0, 0.05) is 0 Å². The van der Waals surface area contributed by atoms with Gasteiger partial charge in [-0.2, -0.15) is 0 Å². The summed E-state index contributed by atoms with van der Waals surface area (Å²) in [6, 6.07) is 7.24. The molecule has 0 aromatic heterocycles. The summed E-state index contributed by atoms with van der Waals surface area (Å²) in [6.07, 6.45) is 1.86. The zero-order valence-electron chi connectivity index (χ0n) is 17.0. The van der Waals surface area contributed by atoms with E-state index < -0.39 is 22.9 Å². The number of hydrogen-bond acceptors (Lipinski definition) is 4. The van der Waals surface area contributed by atoms with Crippen LogP contribution in [0.3, 0.4) is 0 Å². The number of imide groups is 1. The molecule has 3 amide bonds. The Morgan fingerprint density at radius 1 is 1.21 bits per heavy atom. The number of nitrogens with one attached hydrogen (secondary N) is 1. The minimum Gasteiger partial charge on any atom is -0.347 e. The number of ether oxygens (including phenoxy) is 1. The molecule has 154 valence electrons. The van der Waals surface area contributed by atoms with Gasteiger partial charge in [-0.15, -0.1) is 0 Å². The minimum atomic E-state index is -0.798. The number of halogens is 1. The molecule has 1 heterocycles. The van der Waals surface area contributed by atoms with E-state index in [1.807, 2.05) is 52.0 Å². The lowest BCUT2D eigenvalue weighted by molar-refractivity contribution is -0.209. The highest BCUT2D eigenvalue weighted by Crippen LogP contribution is 2.46. The van der Waals surface area contributed by atoms with Crippen molar-refractivity contribution in [1.29, 1.82) is 0 Å². The number of carbonyl (C=O) groups excluding carboxylic acids is 3. The number of likely N-dealkylation sites (tertiary alicyclic amines) is 1. The first-order valence-electron chi connectivity index (χ1n) is 9.81. The second-order valence-electron chi connectivity index (χ2n) is 7.26. The molecule has 2 unspecified atom stereocenters. The van der Waals surface area contributed by atoms with Crippen molar-refractivity contribution in [2.24, 2.45) is 5.41 Å². The molecule has 0 bridgehead atoms. The summed E-state index contributed by atoms with van der Waals surface area (Å²) < 4.78 is 5.57. The van der Waals surface area contributed by atoms with Crippen LogP contribution in [0.1, 0.15) is 63.6 Å². The Hall–Kier alpha value is -1.92. The van der Waals surface area contributed by atoms with Gasteiger partial charge in [0.25, 0.3) is 0 Å². The predicted octanol–water partition coefficient (Wildman–Crippen LogP) is 4.30. The molecule has 7 heteroatoms. The molecule has 0 radical (unpaired) electrons. The van der Waals surface area contributed by atoms with Crippen molar-refractivity contribution in [2.75, 3.05) is 6.61 Å². The highest BCUT2D eigenvalue weighted by Gasteiger charge is 2.62. The van der Waals surface area contributed by atoms with Gasteiger partial charge < -0.3 is 10.1 Å². The van der Waals surface area contributed by atoms with Crippen LogP contribution in [0.4, 0.5) is 4.79 Å². The van der Waals surface area contributed by atoms with Gasteiger partial charge in [-0.05, 0) is 43.4 Å². The van der Waals surface area contributed by atoms with E-state index in [0.717, 1.165) is 28.9 Å². The van der Waals surface area contributed by atoms with Crippen molar-refractivity contribution < 1.29 is 19.1 Å². The summed E-state index contributed by atoms with van der Waals surface area (Å²) in [6.45, 7) is 7.45. The quantitative estimate of drug-likeness (QED) is 0.488. The van der Waals surface area contributed by atoms with E-state index in [1.54, 1.807) is 0 Å². The third-order valence-corrected chi connectivity index (χ3v) is 5.65. The molecule has 6 nitrogen and oxygen atoms in total. The van der Waals surface area contributed by atoms with Crippen LogP contribution < -0.4 is 5.32 Å². The minimum absolute atomic E-state index is 0.209. The van der Waals surface area contributed by atoms with E-state index in [2.05, 4.69) is 5.32 Å². The number of carbonyl (C=O) groups is 3. The summed E-state index contributed by atoms with van der Waals surface area (Å²) in [4.78, 5) is 38.0. The van der Waals surface area contributed by atoms with Crippen LogP contribution in [0.2, 0.25) is 0 Å². The third kappa shape index (κ3) is 4.39. The monoisotopic (exact) mass is 408 g/mol. The fraction of sp³-hybridized carbons (Fsp3) is 0.571. The standard InChI is InChI=1S/C21H29ClN2O4/c1-5-8-16(15-11-9-14(4)10-12-15)23-20(27)24-18(26)21(6-2,7-3)19(24)28-13-17(22)25/h9-12,16,19H,5-8,13H2,1-4H3,(H,23,27). The maximum Gasteiger partial charge on any atom is 0.326 e. The van der Waals surface area contributed by atoms with Gasteiger partial charge in [0.05, 0.1) is 11.5 Å². The highest BCUT2D eigenvalue weighted by molar-refractivity contribution is 6.63. The zero-order valence-corrected chi connectivity index (χ0v) is 17.7. The number of rotatable bonds is 9. The molecule has 0 aliphatic carbocycles. The largest absolute Gasteiger partial charge is 0.347 e. The van der Waals surface area contributed by atoms with Crippen molar-refractivity contribution in [3.8, 4) is 0 Å². The zero-order chi connectivity index (χ0) is 20.9. The maximum absolute atomic E-state index is 12.9. The molecule has 1 aliphatic rings. The molecule has 1 saturated heterocycles. The van der Waals surface area contributed by atoms with E-state index >= 15 is 0 Å². The summed E-state index contributed by atoms with van der Waals surface area (Å²) in [5.74, 6) is -0.277. The lowest BCUT2D eigenvalue weighted by atomic mass is 9.72. The lowest BCUT2D eigenvalue weighted by Crippen LogP contribution is -2.72. The number of β-lactam (4-membered cyclic amide) rings is 1. The average molecular weight is 409 g/mol. The average Bonchev–Trinajstić information content (AvgIpc) is 2.66. The van der Waals surface area contributed by atoms with Crippen LogP contribution in [0.15, 0.2) is 24.3 Å². The molecule has 0 saturated carbocycles. The van der Waals surface area contributed by atoms with Crippen molar-refractivity contribution >= 4 is 28.8 Å². The van der Waals surface area contributed by atoms with Crippen molar-refractivity contribution in [3.63, 3.8) is 0 Å². The molecule has 28 heavy (non-hydrogen) atoms. The SMILES string of the molecule is CCCC(NC(=O)N1C(=O)C(CC)(CC)C1OCC(=O)Cl)c1ccc(C)cc1. The fourth-order valence-corrected chi connectivity index (χ4v) is 3.80. The number of amides is 3. The van der Waals surface area contributed by atoms with Crippen molar-refractivity contribution in [1.82, 2.24) is 10.2 Å². The maximum atomic E-state index is 12.9. The van der Waals surface area contributed by atoms with Crippen molar-refractivity contribution in [3.05, 3.63) is 35.4 Å². The van der Waals surface area contributed by atoms with Gasteiger partial charge in [-0.3, -0.25) is 9.59 Å². The molecule has 1 fully saturated rings. The summed E-state index contributed by atoms with van der Waals surface area (Å²) in [5.41, 5.74) is 1.32. The molecule has 1 aromatic rings. The summed E-state index contributed by atoms with van der Waals surface area (Å²) in [7, 11) is 0. The summed E-state index contributed by atoms with van der Waals surface area (Å²) in [5, 5.41) is 2.30. The third-order valence-electron chi connectivity index (χ3n) is 5.54. The smallest absolute Gasteiger partial charge is 0.326 e. The number of nitrogens with zero attached hydrogens (tertiary/aromatic N) is 1. The van der Waals surface area contributed by atoms with Crippen LogP contribution in [0.25, 0.3) is 0 Å². The molecular formula is C21H29ClN2O4. The van der Waals surface area contributed by atoms with Gasteiger partial charge in [0.1, 0.15) is 6.61 Å². The number of hydrogen-bond donors (Lipinski definition) is 1. The van der Waals surface area contributed by atoms with Gasteiger partial charge in [-0.1, -0.05) is 57.0 Å². The molecular weight excluding hydrogens is 380 g/mol. The Morgan fingerprint density at radius 3 is 2.32 bits per heavy atom. The van der Waals surface area contributed by atoms with Gasteiger partial charge in [0.15, 0.2) is 6.23 Å². The van der Waals surface area contributed by atoms with Gasteiger partial charge in [-0.25, -0.2) is 9.69 Å². The van der Waals surface area contributed by atoms with Gasteiger partial charge >= 0.3 is 6.03 Å². The van der Waals surface area contributed by atoms with Crippen LogP contribution in [-0.4, -0.2) is 34.9 Å². The normalized spacial score (nSPS) is 19.1. The van der Waals surface area contributed by atoms with E-state index in [-0.39, 0.29) is 18.6 Å². The van der Waals surface area contributed by atoms with E-state index in [4.69, 9.17) is 16.3 Å². The molecule has 2 atom stereocenters. The Kier molecular flexibility index (Phi) is 7.61. The van der Waals surface area contributed by atoms with E-state index in [9.17, 15) is 14.4 Å². The fourth-order valence-electron chi connectivity index (χ4n) is 3.74. The Balaban J connectivity index is 2.20. The second-order valence-corrected chi connectivity index (χ2v) is 7.68. The lowest BCUT2D eigenvalue weighted by Gasteiger charge is -2.53. The highest BCUT2D eigenvalue weighted by atomic mass is 35.5. The van der Waals surface area contributed by atoms with Crippen LogP contribution in [0, 0.1) is 12.3 Å². The predicted molar refractivity (Wildman–Crippen MR) is 108 cm³/mol. The molecule has 1 N–H and O–H groups in total. The molecule has 1 aliphatic heterocycles. The summed E-state index contributed by atoms with van der Waals surface area (Å²) >= 11 is 5.40. The Bertz CT molecular complexity index is 716. The topological polar surface area (TPSA) is 75.7 Å². The van der Waals surface area contributed by atoms with Crippen LogP contribution >= 0.6 is 11.6 Å². The first kappa shape index (κ1) is 22.4. The van der Waals surface area contributed by atoms with E-state index in [1.165, 1.54) is 0 Å². The first-order chi connectivity index (χ1) is 13.3. The van der Waals surface area contributed by atoms with Crippen LogP contribution in [-0.2, 0) is 14.3 Å². The Morgan fingerprint density at radius 2 is 1.82 bits per heavy atom.